The van der Waals surface area contributed by atoms with Gasteiger partial charge in [0.1, 0.15) is 0 Å². The molecule has 0 radical (unpaired) electrons. The minimum atomic E-state index is -0.349. The summed E-state index contributed by atoms with van der Waals surface area (Å²) in [7, 11) is 0. The third-order valence-electron chi connectivity index (χ3n) is 3.13. The Morgan fingerprint density at radius 2 is 2.19 bits per heavy atom. The van der Waals surface area contributed by atoms with Crippen LogP contribution in [0.4, 0.5) is 0 Å². The van der Waals surface area contributed by atoms with Gasteiger partial charge in [-0.3, -0.25) is 4.79 Å². The van der Waals surface area contributed by atoms with Gasteiger partial charge in [-0.05, 0) is 37.2 Å². The van der Waals surface area contributed by atoms with Crippen LogP contribution in [-0.2, 0) is 4.79 Å². The predicted molar refractivity (Wildman–Crippen MR) is 67.4 cm³/mol. The van der Waals surface area contributed by atoms with Crippen LogP contribution in [0.2, 0.25) is 0 Å². The molecule has 0 aromatic heterocycles. The van der Waals surface area contributed by atoms with Crippen LogP contribution >= 0.6 is 11.8 Å². The van der Waals surface area contributed by atoms with Crippen molar-refractivity contribution in [2.45, 2.75) is 25.3 Å². The maximum atomic E-state index is 11.9. The smallest absolute Gasteiger partial charge is 0.239 e. The van der Waals surface area contributed by atoms with Crippen molar-refractivity contribution >= 4 is 17.7 Å². The van der Waals surface area contributed by atoms with Gasteiger partial charge in [0.15, 0.2) is 0 Å². The Bertz CT molecular complexity index is 218. The number of hydrogen-bond acceptors (Lipinski definition) is 4. The third-order valence-corrected chi connectivity index (χ3v) is 3.78. The number of hydrogen-bond donors (Lipinski definition) is 2. The average Bonchev–Trinajstić information content (AvgIpc) is 2.35. The van der Waals surface area contributed by atoms with Gasteiger partial charge in [-0.25, -0.2) is 0 Å². The highest BCUT2D eigenvalue weighted by Crippen LogP contribution is 2.17. The molecule has 0 bridgehead atoms. The lowest BCUT2D eigenvalue weighted by atomic mass is 9.97. The molecular formula is C11H22N2O2S. The van der Waals surface area contributed by atoms with Gasteiger partial charge in [-0.1, -0.05) is 0 Å². The Kier molecular flexibility index (Phi) is 6.16. The number of aliphatic hydroxyl groups is 1. The fourth-order valence-electron chi connectivity index (χ4n) is 1.94. The van der Waals surface area contributed by atoms with Gasteiger partial charge >= 0.3 is 0 Å². The van der Waals surface area contributed by atoms with Crippen LogP contribution in [0.3, 0.4) is 0 Å². The highest BCUT2D eigenvalue weighted by molar-refractivity contribution is 7.98. The first kappa shape index (κ1) is 13.8. The molecule has 5 heteroatoms. The second-order valence-corrected chi connectivity index (χ2v) is 5.32. The zero-order valence-corrected chi connectivity index (χ0v) is 10.7. The number of carbonyl (C=O) groups is 1. The Morgan fingerprint density at radius 1 is 1.56 bits per heavy atom. The topological polar surface area (TPSA) is 66.6 Å². The maximum Gasteiger partial charge on any atom is 0.239 e. The monoisotopic (exact) mass is 246 g/mol. The maximum absolute atomic E-state index is 11.9. The molecule has 1 saturated heterocycles. The zero-order valence-electron chi connectivity index (χ0n) is 9.89. The van der Waals surface area contributed by atoms with Crippen molar-refractivity contribution in [3.05, 3.63) is 0 Å². The van der Waals surface area contributed by atoms with Gasteiger partial charge in [0, 0.05) is 19.7 Å². The molecule has 0 aliphatic carbocycles. The molecule has 0 aromatic rings. The fraction of sp³-hybridized carbons (Fsp3) is 0.909. The number of nitrogens with two attached hydrogens (primary N) is 1. The summed E-state index contributed by atoms with van der Waals surface area (Å²) in [5.41, 5.74) is 5.85. The molecule has 1 heterocycles. The summed E-state index contributed by atoms with van der Waals surface area (Å²) in [6.45, 7) is 1.73. The molecule has 1 amide bonds. The molecule has 0 spiro atoms. The molecule has 0 saturated carbocycles. The predicted octanol–water partition coefficient (Wildman–Crippen LogP) is 0.298. The lowest BCUT2D eigenvalue weighted by Crippen LogP contribution is -2.47. The second-order valence-electron chi connectivity index (χ2n) is 4.34. The van der Waals surface area contributed by atoms with Crippen molar-refractivity contribution < 1.29 is 9.90 Å². The summed E-state index contributed by atoms with van der Waals surface area (Å²) in [5.74, 6) is 1.37. The van der Waals surface area contributed by atoms with Crippen molar-refractivity contribution in [2.24, 2.45) is 11.7 Å². The van der Waals surface area contributed by atoms with Crippen LogP contribution in [0, 0.1) is 5.92 Å². The van der Waals surface area contributed by atoms with Gasteiger partial charge in [-0.2, -0.15) is 11.8 Å². The van der Waals surface area contributed by atoms with E-state index in [-0.39, 0.29) is 18.6 Å². The van der Waals surface area contributed by atoms with Crippen LogP contribution in [0.1, 0.15) is 19.3 Å². The quantitative estimate of drug-likeness (QED) is 0.732. The Balaban J connectivity index is 2.32. The zero-order chi connectivity index (χ0) is 12.0. The van der Waals surface area contributed by atoms with Gasteiger partial charge < -0.3 is 15.7 Å². The number of carbonyl (C=O) groups excluding carboxylic acids is 1. The Labute approximate surface area is 102 Å². The molecule has 1 aliphatic rings. The summed E-state index contributed by atoms with van der Waals surface area (Å²) in [4.78, 5) is 13.8. The molecule has 4 nitrogen and oxygen atoms in total. The van der Waals surface area contributed by atoms with Crippen LogP contribution in [0.5, 0.6) is 0 Å². The minimum Gasteiger partial charge on any atom is -0.396 e. The standard InChI is InChI=1S/C11H22N2O2S/c1-16-7-4-10(12)11(15)13-5-2-9(8-14)3-6-13/h9-10,14H,2-8,12H2,1H3/t10-/m1/s1. The molecule has 0 aromatic carbocycles. The molecule has 1 rings (SSSR count). The summed E-state index contributed by atoms with van der Waals surface area (Å²) < 4.78 is 0. The van der Waals surface area contributed by atoms with Crippen molar-refractivity contribution in [1.29, 1.82) is 0 Å². The molecule has 1 aliphatic heterocycles. The van der Waals surface area contributed by atoms with E-state index in [1.807, 2.05) is 11.2 Å². The summed E-state index contributed by atoms with van der Waals surface area (Å²) in [5, 5.41) is 9.01. The first-order valence-electron chi connectivity index (χ1n) is 5.83. The average molecular weight is 246 g/mol. The lowest BCUT2D eigenvalue weighted by molar-refractivity contribution is -0.134. The number of rotatable bonds is 5. The number of aliphatic hydroxyl groups excluding tert-OH is 1. The first-order chi connectivity index (χ1) is 7.69. The molecule has 94 valence electrons. The van der Waals surface area contributed by atoms with Gasteiger partial charge in [0.25, 0.3) is 0 Å². The fourth-order valence-corrected chi connectivity index (χ4v) is 2.43. The van der Waals surface area contributed by atoms with E-state index in [1.165, 1.54) is 0 Å². The number of piperidine rings is 1. The number of thioether (sulfide) groups is 1. The van der Waals surface area contributed by atoms with Crippen molar-refractivity contribution in [2.75, 3.05) is 31.7 Å². The highest BCUT2D eigenvalue weighted by atomic mass is 32.2. The number of likely N-dealkylation sites (tertiary alicyclic amines) is 1. The molecule has 16 heavy (non-hydrogen) atoms. The van der Waals surface area contributed by atoms with Gasteiger partial charge in [0.05, 0.1) is 6.04 Å². The molecular weight excluding hydrogens is 224 g/mol. The molecule has 0 unspecified atom stereocenters. The SMILES string of the molecule is CSCC[C@@H](N)C(=O)N1CCC(CO)CC1. The van der Waals surface area contributed by atoms with E-state index in [2.05, 4.69) is 0 Å². The van der Waals surface area contributed by atoms with Crippen LogP contribution < -0.4 is 5.73 Å². The Hall–Kier alpha value is -0.260. The van der Waals surface area contributed by atoms with Crippen molar-refractivity contribution in [3.63, 3.8) is 0 Å². The Morgan fingerprint density at radius 3 is 2.69 bits per heavy atom. The molecule has 1 atom stereocenters. The van der Waals surface area contributed by atoms with E-state index in [4.69, 9.17) is 10.8 Å². The minimum absolute atomic E-state index is 0.0745. The largest absolute Gasteiger partial charge is 0.396 e. The van der Waals surface area contributed by atoms with E-state index in [0.717, 1.165) is 38.1 Å². The number of amides is 1. The normalized spacial score (nSPS) is 19.8. The first-order valence-corrected chi connectivity index (χ1v) is 7.22. The number of nitrogens with zero attached hydrogens (tertiary/aromatic N) is 1. The summed E-state index contributed by atoms with van der Waals surface area (Å²) in [6, 6.07) is -0.349. The molecule has 1 fully saturated rings. The second kappa shape index (κ2) is 7.14. The van der Waals surface area contributed by atoms with E-state index in [9.17, 15) is 4.79 Å². The van der Waals surface area contributed by atoms with E-state index in [0.29, 0.717) is 5.92 Å². The highest BCUT2D eigenvalue weighted by Gasteiger charge is 2.25. The van der Waals surface area contributed by atoms with E-state index in [1.54, 1.807) is 11.8 Å². The van der Waals surface area contributed by atoms with Crippen LogP contribution in [-0.4, -0.2) is 53.7 Å². The van der Waals surface area contributed by atoms with Gasteiger partial charge in [-0.15, -0.1) is 0 Å². The third kappa shape index (κ3) is 3.96. The lowest BCUT2D eigenvalue weighted by Gasteiger charge is -2.32. The summed E-state index contributed by atoms with van der Waals surface area (Å²) in [6.07, 6.45) is 4.57. The summed E-state index contributed by atoms with van der Waals surface area (Å²) >= 11 is 1.71. The molecule has 3 N–H and O–H groups in total. The van der Waals surface area contributed by atoms with E-state index < -0.39 is 0 Å². The van der Waals surface area contributed by atoms with Crippen LogP contribution in [0.15, 0.2) is 0 Å². The van der Waals surface area contributed by atoms with Crippen molar-refractivity contribution in [1.82, 2.24) is 4.90 Å². The van der Waals surface area contributed by atoms with Gasteiger partial charge in [0.2, 0.25) is 5.91 Å². The van der Waals surface area contributed by atoms with Crippen LogP contribution in [0.25, 0.3) is 0 Å². The van der Waals surface area contributed by atoms with E-state index >= 15 is 0 Å². The van der Waals surface area contributed by atoms with Crippen molar-refractivity contribution in [3.8, 4) is 0 Å².